The van der Waals surface area contributed by atoms with Crippen molar-refractivity contribution in [2.75, 3.05) is 10.8 Å². The van der Waals surface area contributed by atoms with E-state index in [-0.39, 0.29) is 21.6 Å². The zero-order chi connectivity index (χ0) is 25.0. The average molecular weight is 532 g/mol. The van der Waals surface area contributed by atoms with Crippen molar-refractivity contribution >= 4 is 44.8 Å². The third-order valence-corrected chi connectivity index (χ3v) is 8.64. The molecule has 0 bridgehead atoms. The smallest absolute Gasteiger partial charge is 0.264 e. The predicted molar refractivity (Wildman–Crippen MR) is 142 cm³/mol. The third-order valence-electron chi connectivity index (χ3n) is 6.31. The van der Waals surface area contributed by atoms with Gasteiger partial charge in [0.1, 0.15) is 6.54 Å². The van der Waals surface area contributed by atoms with E-state index in [0.717, 1.165) is 22.7 Å². The van der Waals surface area contributed by atoms with Crippen LogP contribution in [0.4, 0.5) is 5.69 Å². The molecule has 0 heterocycles. The summed E-state index contributed by atoms with van der Waals surface area (Å²) in [4.78, 5) is 13.3. The summed E-state index contributed by atoms with van der Waals surface area (Å²) < 4.78 is 28.1. The fourth-order valence-electron chi connectivity index (χ4n) is 4.46. The quantitative estimate of drug-likeness (QED) is 0.369. The topological polar surface area (TPSA) is 66.5 Å². The summed E-state index contributed by atoms with van der Waals surface area (Å²) in [6.45, 7) is 1.56. The second-order valence-corrected chi connectivity index (χ2v) is 11.4. The molecule has 1 N–H and O–H groups in total. The predicted octanol–water partition coefficient (Wildman–Crippen LogP) is 6.34. The highest BCUT2D eigenvalue weighted by Gasteiger charge is 2.29. The summed E-state index contributed by atoms with van der Waals surface area (Å²) in [5.74, 6) is -0.426. The Morgan fingerprint density at radius 1 is 0.971 bits per heavy atom. The standard InChI is InChI=1S/C27H28Cl2N2O3S/c1-2-25(21-13-12-19-8-6-7-9-20(19)16-21)30-27(32)18-31(26-17-22(28)14-15-24(26)29)35(33,34)23-10-4-3-5-11-23/h3-5,10-17,25H,2,6-9,18H2,1H3,(H,30,32)/t25-/m1/s1. The Balaban J connectivity index is 1.62. The van der Waals surface area contributed by atoms with Crippen molar-refractivity contribution < 1.29 is 13.2 Å². The number of hydrogen-bond acceptors (Lipinski definition) is 3. The largest absolute Gasteiger partial charge is 0.348 e. The number of carbonyl (C=O) groups is 1. The van der Waals surface area contributed by atoms with Gasteiger partial charge in [-0.1, -0.05) is 66.5 Å². The summed E-state index contributed by atoms with van der Waals surface area (Å²) in [7, 11) is -4.08. The number of amides is 1. The maximum absolute atomic E-state index is 13.6. The molecule has 5 nitrogen and oxygen atoms in total. The van der Waals surface area contributed by atoms with Crippen LogP contribution in [0.1, 0.15) is 48.9 Å². The minimum atomic E-state index is -4.08. The third kappa shape index (κ3) is 5.83. The van der Waals surface area contributed by atoms with Crippen LogP contribution in [0, 0.1) is 0 Å². The lowest BCUT2D eigenvalue weighted by molar-refractivity contribution is -0.120. The Bertz CT molecular complexity index is 1310. The first kappa shape index (κ1) is 25.5. The molecule has 1 aliphatic rings. The van der Waals surface area contributed by atoms with Crippen LogP contribution in [-0.4, -0.2) is 20.9 Å². The first-order valence-corrected chi connectivity index (χ1v) is 13.9. The monoisotopic (exact) mass is 530 g/mol. The van der Waals surface area contributed by atoms with Gasteiger partial charge in [-0.15, -0.1) is 0 Å². The van der Waals surface area contributed by atoms with Crippen LogP contribution in [0.15, 0.2) is 71.6 Å². The van der Waals surface area contributed by atoms with Gasteiger partial charge in [-0.05, 0) is 79.1 Å². The maximum atomic E-state index is 13.6. The number of sulfonamides is 1. The van der Waals surface area contributed by atoms with Crippen molar-refractivity contribution in [1.29, 1.82) is 0 Å². The van der Waals surface area contributed by atoms with E-state index in [2.05, 4.69) is 23.5 Å². The lowest BCUT2D eigenvalue weighted by Gasteiger charge is -2.27. The Kier molecular flexibility index (Phi) is 8.05. The van der Waals surface area contributed by atoms with Gasteiger partial charge in [-0.2, -0.15) is 0 Å². The molecular formula is C27H28Cl2N2O3S. The minimum Gasteiger partial charge on any atom is -0.348 e. The molecule has 0 unspecified atom stereocenters. The lowest BCUT2D eigenvalue weighted by Crippen LogP contribution is -2.42. The van der Waals surface area contributed by atoms with E-state index in [4.69, 9.17) is 23.2 Å². The average Bonchev–Trinajstić information content (AvgIpc) is 2.87. The van der Waals surface area contributed by atoms with Crippen molar-refractivity contribution in [3.8, 4) is 0 Å². The normalized spacial score (nSPS) is 14.1. The Morgan fingerprint density at radius 3 is 2.40 bits per heavy atom. The molecule has 184 valence electrons. The van der Waals surface area contributed by atoms with E-state index in [0.29, 0.717) is 11.4 Å². The van der Waals surface area contributed by atoms with Crippen LogP contribution in [0.2, 0.25) is 10.0 Å². The number of benzene rings is 3. The van der Waals surface area contributed by atoms with Crippen LogP contribution < -0.4 is 9.62 Å². The molecule has 0 aromatic heterocycles. The summed E-state index contributed by atoms with van der Waals surface area (Å²) in [5.41, 5.74) is 3.89. The van der Waals surface area contributed by atoms with Gasteiger partial charge in [-0.3, -0.25) is 9.10 Å². The van der Waals surface area contributed by atoms with Crippen molar-refractivity contribution in [3.05, 3.63) is 93.5 Å². The number of hydrogen-bond donors (Lipinski definition) is 1. The van der Waals surface area contributed by atoms with Crippen molar-refractivity contribution in [2.24, 2.45) is 0 Å². The van der Waals surface area contributed by atoms with Crippen LogP contribution in [0.3, 0.4) is 0 Å². The molecule has 0 saturated carbocycles. The number of anilines is 1. The van der Waals surface area contributed by atoms with Gasteiger partial charge in [0, 0.05) is 5.02 Å². The first-order chi connectivity index (χ1) is 16.8. The molecule has 0 radical (unpaired) electrons. The second kappa shape index (κ2) is 11.0. The molecule has 1 amide bonds. The minimum absolute atomic E-state index is 0.0607. The Hall–Kier alpha value is -2.54. The molecule has 3 aromatic carbocycles. The van der Waals surface area contributed by atoms with E-state index in [1.165, 1.54) is 48.2 Å². The molecule has 1 atom stereocenters. The molecule has 0 saturated heterocycles. The Morgan fingerprint density at radius 2 is 1.69 bits per heavy atom. The number of nitrogens with one attached hydrogen (secondary N) is 1. The van der Waals surface area contributed by atoms with Gasteiger partial charge in [-0.25, -0.2) is 8.42 Å². The van der Waals surface area contributed by atoms with E-state index >= 15 is 0 Å². The molecule has 1 aliphatic carbocycles. The van der Waals surface area contributed by atoms with Crippen molar-refractivity contribution in [3.63, 3.8) is 0 Å². The molecule has 4 rings (SSSR count). The van der Waals surface area contributed by atoms with Gasteiger partial charge >= 0.3 is 0 Å². The van der Waals surface area contributed by atoms with Crippen LogP contribution in [0.5, 0.6) is 0 Å². The highest BCUT2D eigenvalue weighted by molar-refractivity contribution is 7.92. The number of rotatable bonds is 8. The van der Waals surface area contributed by atoms with Crippen molar-refractivity contribution in [2.45, 2.75) is 50.0 Å². The van der Waals surface area contributed by atoms with E-state index in [1.54, 1.807) is 24.3 Å². The molecule has 35 heavy (non-hydrogen) atoms. The number of carbonyl (C=O) groups excluding carboxylic acids is 1. The van der Waals surface area contributed by atoms with Gasteiger partial charge < -0.3 is 5.32 Å². The van der Waals surface area contributed by atoms with E-state index < -0.39 is 22.5 Å². The second-order valence-electron chi connectivity index (χ2n) is 8.68. The molecule has 0 fully saturated rings. The van der Waals surface area contributed by atoms with E-state index in [1.807, 2.05) is 6.92 Å². The number of halogens is 2. The van der Waals surface area contributed by atoms with Gasteiger partial charge in [0.15, 0.2) is 0 Å². The fourth-order valence-corrected chi connectivity index (χ4v) is 6.35. The van der Waals surface area contributed by atoms with Crippen LogP contribution in [0.25, 0.3) is 0 Å². The Labute approximate surface area is 217 Å². The summed E-state index contributed by atoms with van der Waals surface area (Å²) in [5, 5.41) is 3.53. The molecular weight excluding hydrogens is 503 g/mol. The SMILES string of the molecule is CC[C@@H](NC(=O)CN(c1cc(Cl)ccc1Cl)S(=O)(=O)c1ccccc1)c1ccc2c(c1)CCCC2. The van der Waals surface area contributed by atoms with Crippen LogP contribution in [-0.2, 0) is 27.7 Å². The van der Waals surface area contributed by atoms with Crippen molar-refractivity contribution in [1.82, 2.24) is 5.32 Å². The summed E-state index contributed by atoms with van der Waals surface area (Å²) >= 11 is 12.5. The zero-order valence-electron chi connectivity index (χ0n) is 19.5. The lowest BCUT2D eigenvalue weighted by atomic mass is 9.89. The molecule has 0 aliphatic heterocycles. The number of nitrogens with zero attached hydrogens (tertiary/aromatic N) is 1. The van der Waals surface area contributed by atoms with Gasteiger partial charge in [0.2, 0.25) is 5.91 Å². The summed E-state index contributed by atoms with van der Waals surface area (Å²) in [6, 6.07) is 18.7. The molecule has 8 heteroatoms. The highest BCUT2D eigenvalue weighted by atomic mass is 35.5. The highest BCUT2D eigenvalue weighted by Crippen LogP contribution is 2.33. The first-order valence-electron chi connectivity index (χ1n) is 11.7. The van der Waals surface area contributed by atoms with Gasteiger partial charge in [0.05, 0.1) is 21.6 Å². The number of aryl methyl sites for hydroxylation is 2. The molecule has 3 aromatic rings. The van der Waals surface area contributed by atoms with Crippen LogP contribution >= 0.6 is 23.2 Å². The molecule has 0 spiro atoms. The summed E-state index contributed by atoms with van der Waals surface area (Å²) in [6.07, 6.45) is 5.19. The number of fused-ring (bicyclic) bond motifs is 1. The van der Waals surface area contributed by atoms with E-state index in [9.17, 15) is 13.2 Å². The zero-order valence-corrected chi connectivity index (χ0v) is 21.8. The fraction of sp³-hybridized carbons (Fsp3) is 0.296. The van der Waals surface area contributed by atoms with Gasteiger partial charge in [0.25, 0.3) is 10.0 Å². The maximum Gasteiger partial charge on any atom is 0.264 e.